The Hall–Kier alpha value is -2.56. The SMILES string of the molecule is Cn1nc(COc2cc(F)ccc2N)c2ccccc21. The van der Waals surface area contributed by atoms with Crippen LogP contribution in [0, 0.1) is 5.82 Å². The van der Waals surface area contributed by atoms with Gasteiger partial charge >= 0.3 is 0 Å². The van der Waals surface area contributed by atoms with Crippen molar-refractivity contribution in [3.05, 3.63) is 54.0 Å². The van der Waals surface area contributed by atoms with Gasteiger partial charge in [0.05, 0.1) is 11.2 Å². The molecule has 0 spiro atoms. The number of hydrogen-bond donors (Lipinski definition) is 1. The first-order chi connectivity index (χ1) is 9.65. The zero-order valence-corrected chi connectivity index (χ0v) is 11.0. The second-order valence-electron chi connectivity index (χ2n) is 4.56. The Labute approximate surface area is 115 Å². The first-order valence-electron chi connectivity index (χ1n) is 6.23. The van der Waals surface area contributed by atoms with Crippen LogP contribution in [0.3, 0.4) is 0 Å². The highest BCUT2D eigenvalue weighted by molar-refractivity contribution is 5.81. The van der Waals surface area contributed by atoms with Crippen LogP contribution in [0.1, 0.15) is 5.69 Å². The lowest BCUT2D eigenvalue weighted by atomic mass is 10.2. The summed E-state index contributed by atoms with van der Waals surface area (Å²) in [6, 6.07) is 11.9. The minimum atomic E-state index is -0.375. The molecule has 0 aliphatic rings. The number of anilines is 1. The summed E-state index contributed by atoms with van der Waals surface area (Å²) in [5.74, 6) is -0.0418. The molecule has 4 nitrogen and oxygen atoms in total. The first kappa shape index (κ1) is 12.5. The summed E-state index contributed by atoms with van der Waals surface area (Å²) < 4.78 is 20.6. The maximum absolute atomic E-state index is 13.2. The Balaban J connectivity index is 1.89. The summed E-state index contributed by atoms with van der Waals surface area (Å²) >= 11 is 0. The molecule has 3 rings (SSSR count). The van der Waals surface area contributed by atoms with Gasteiger partial charge in [-0.2, -0.15) is 5.10 Å². The first-order valence-corrected chi connectivity index (χ1v) is 6.23. The largest absolute Gasteiger partial charge is 0.485 e. The molecule has 1 aromatic heterocycles. The van der Waals surface area contributed by atoms with Gasteiger partial charge in [-0.05, 0) is 18.2 Å². The molecular formula is C15H14FN3O. The number of fused-ring (bicyclic) bond motifs is 1. The number of aryl methyl sites for hydroxylation is 1. The minimum Gasteiger partial charge on any atom is -0.485 e. The average Bonchev–Trinajstić information content (AvgIpc) is 2.77. The highest BCUT2D eigenvalue weighted by Crippen LogP contribution is 2.24. The lowest BCUT2D eigenvalue weighted by molar-refractivity contribution is 0.301. The fourth-order valence-electron chi connectivity index (χ4n) is 2.17. The molecule has 0 radical (unpaired) electrons. The quantitative estimate of drug-likeness (QED) is 0.745. The van der Waals surface area contributed by atoms with Gasteiger partial charge in [0.1, 0.15) is 23.9 Å². The van der Waals surface area contributed by atoms with E-state index in [0.717, 1.165) is 16.6 Å². The second-order valence-corrected chi connectivity index (χ2v) is 4.56. The molecule has 0 amide bonds. The number of halogens is 1. The molecule has 5 heteroatoms. The van der Waals surface area contributed by atoms with Gasteiger partial charge in [-0.1, -0.05) is 18.2 Å². The Bertz CT molecular complexity index is 767. The average molecular weight is 271 g/mol. The van der Waals surface area contributed by atoms with Crippen LogP contribution in [0.5, 0.6) is 5.75 Å². The Kier molecular flexibility index (Phi) is 3.02. The van der Waals surface area contributed by atoms with Crippen LogP contribution >= 0.6 is 0 Å². The van der Waals surface area contributed by atoms with Gasteiger partial charge in [0, 0.05) is 18.5 Å². The number of nitrogens with two attached hydrogens (primary N) is 1. The monoisotopic (exact) mass is 271 g/mol. The molecular weight excluding hydrogens is 257 g/mol. The number of benzene rings is 2. The molecule has 2 aromatic carbocycles. The molecule has 0 unspecified atom stereocenters. The Morgan fingerprint density at radius 2 is 2.05 bits per heavy atom. The summed E-state index contributed by atoms with van der Waals surface area (Å²) in [5.41, 5.74) is 7.99. The Morgan fingerprint density at radius 3 is 2.90 bits per heavy atom. The highest BCUT2D eigenvalue weighted by Gasteiger charge is 2.09. The van der Waals surface area contributed by atoms with Crippen molar-refractivity contribution in [1.82, 2.24) is 9.78 Å². The van der Waals surface area contributed by atoms with E-state index in [2.05, 4.69) is 5.10 Å². The van der Waals surface area contributed by atoms with Crippen molar-refractivity contribution in [3.63, 3.8) is 0 Å². The predicted octanol–water partition coefficient (Wildman–Crippen LogP) is 2.87. The van der Waals surface area contributed by atoms with Gasteiger partial charge in [-0.25, -0.2) is 4.39 Å². The zero-order chi connectivity index (χ0) is 14.1. The lowest BCUT2D eigenvalue weighted by Crippen LogP contribution is -2.01. The number of nitrogen functional groups attached to an aromatic ring is 1. The van der Waals surface area contributed by atoms with E-state index < -0.39 is 0 Å². The van der Waals surface area contributed by atoms with Crippen molar-refractivity contribution in [3.8, 4) is 5.75 Å². The van der Waals surface area contributed by atoms with E-state index in [1.807, 2.05) is 31.3 Å². The number of rotatable bonds is 3. The third-order valence-corrected chi connectivity index (χ3v) is 3.17. The van der Waals surface area contributed by atoms with Crippen molar-refractivity contribution < 1.29 is 9.13 Å². The second kappa shape index (κ2) is 4.85. The van der Waals surface area contributed by atoms with E-state index >= 15 is 0 Å². The van der Waals surface area contributed by atoms with E-state index in [9.17, 15) is 4.39 Å². The van der Waals surface area contributed by atoms with E-state index in [1.165, 1.54) is 18.2 Å². The van der Waals surface area contributed by atoms with Crippen molar-refractivity contribution in [2.75, 3.05) is 5.73 Å². The smallest absolute Gasteiger partial charge is 0.145 e. The van der Waals surface area contributed by atoms with Crippen LogP contribution < -0.4 is 10.5 Å². The van der Waals surface area contributed by atoms with Crippen LogP contribution in [0.2, 0.25) is 0 Å². The molecule has 3 aromatic rings. The number of ether oxygens (including phenoxy) is 1. The van der Waals surface area contributed by atoms with E-state index in [4.69, 9.17) is 10.5 Å². The summed E-state index contributed by atoms with van der Waals surface area (Å²) in [6.07, 6.45) is 0. The molecule has 0 aliphatic heterocycles. The van der Waals surface area contributed by atoms with Gasteiger partial charge < -0.3 is 10.5 Å². The van der Waals surface area contributed by atoms with Crippen LogP contribution in [0.15, 0.2) is 42.5 Å². The minimum absolute atomic E-state index is 0.245. The van der Waals surface area contributed by atoms with Crippen LogP contribution in [-0.2, 0) is 13.7 Å². The van der Waals surface area contributed by atoms with E-state index in [1.54, 1.807) is 4.68 Å². The van der Waals surface area contributed by atoms with Crippen molar-refractivity contribution in [2.24, 2.45) is 7.05 Å². The summed E-state index contributed by atoms with van der Waals surface area (Å²) in [4.78, 5) is 0. The van der Waals surface area contributed by atoms with Crippen molar-refractivity contribution >= 4 is 16.6 Å². The van der Waals surface area contributed by atoms with Crippen LogP contribution in [-0.4, -0.2) is 9.78 Å². The molecule has 0 atom stereocenters. The fraction of sp³-hybridized carbons (Fsp3) is 0.133. The summed E-state index contributed by atoms with van der Waals surface area (Å²) in [5, 5.41) is 5.43. The number of nitrogens with zero attached hydrogens (tertiary/aromatic N) is 2. The maximum Gasteiger partial charge on any atom is 0.145 e. The maximum atomic E-state index is 13.2. The zero-order valence-electron chi connectivity index (χ0n) is 11.0. The molecule has 0 fully saturated rings. The number of hydrogen-bond acceptors (Lipinski definition) is 3. The molecule has 1 heterocycles. The van der Waals surface area contributed by atoms with Crippen LogP contribution in [0.25, 0.3) is 10.9 Å². The van der Waals surface area contributed by atoms with Gasteiger partial charge in [0.15, 0.2) is 0 Å². The fourth-order valence-corrected chi connectivity index (χ4v) is 2.17. The van der Waals surface area contributed by atoms with Gasteiger partial charge in [-0.3, -0.25) is 4.68 Å². The molecule has 0 saturated heterocycles. The molecule has 102 valence electrons. The molecule has 0 saturated carbocycles. The van der Waals surface area contributed by atoms with Crippen LogP contribution in [0.4, 0.5) is 10.1 Å². The molecule has 0 bridgehead atoms. The molecule has 0 aliphatic carbocycles. The molecule has 2 N–H and O–H groups in total. The van der Waals surface area contributed by atoms with E-state index in [0.29, 0.717) is 11.4 Å². The topological polar surface area (TPSA) is 53.1 Å². The number of para-hydroxylation sites is 1. The van der Waals surface area contributed by atoms with Gasteiger partial charge in [0.25, 0.3) is 0 Å². The van der Waals surface area contributed by atoms with Crippen molar-refractivity contribution in [1.29, 1.82) is 0 Å². The highest BCUT2D eigenvalue weighted by atomic mass is 19.1. The normalized spacial score (nSPS) is 10.9. The number of aromatic nitrogens is 2. The van der Waals surface area contributed by atoms with Gasteiger partial charge in [0.2, 0.25) is 0 Å². The third-order valence-electron chi connectivity index (χ3n) is 3.17. The standard InChI is InChI=1S/C15H14FN3O/c1-19-14-5-3-2-4-11(14)13(18-19)9-20-15-8-10(16)6-7-12(15)17/h2-8H,9,17H2,1H3. The lowest BCUT2D eigenvalue weighted by Gasteiger charge is -2.07. The van der Waals surface area contributed by atoms with Gasteiger partial charge in [-0.15, -0.1) is 0 Å². The predicted molar refractivity (Wildman–Crippen MR) is 75.9 cm³/mol. The third kappa shape index (κ3) is 2.18. The van der Waals surface area contributed by atoms with Crippen molar-refractivity contribution in [2.45, 2.75) is 6.61 Å². The summed E-state index contributed by atoms with van der Waals surface area (Å²) in [6.45, 7) is 0.245. The Morgan fingerprint density at radius 1 is 1.25 bits per heavy atom. The summed E-state index contributed by atoms with van der Waals surface area (Å²) in [7, 11) is 1.88. The van der Waals surface area contributed by atoms with E-state index in [-0.39, 0.29) is 12.4 Å². The molecule has 20 heavy (non-hydrogen) atoms.